The summed E-state index contributed by atoms with van der Waals surface area (Å²) in [4.78, 5) is 11.4. The maximum atomic E-state index is 11.4. The molecule has 2 heterocycles. The van der Waals surface area contributed by atoms with Gasteiger partial charge in [0.15, 0.2) is 0 Å². The Morgan fingerprint density at radius 3 is 3.08 bits per heavy atom. The van der Waals surface area contributed by atoms with Gasteiger partial charge in [0.25, 0.3) is 0 Å². The number of rotatable bonds is 0. The van der Waals surface area contributed by atoms with Crippen LogP contribution in [0.1, 0.15) is 19.3 Å². The molecule has 1 aliphatic carbocycles. The van der Waals surface area contributed by atoms with Gasteiger partial charge in [0.1, 0.15) is 5.60 Å². The molecule has 0 aromatic rings. The first-order valence-corrected chi connectivity index (χ1v) is 4.62. The summed E-state index contributed by atoms with van der Waals surface area (Å²) >= 11 is 0. The van der Waals surface area contributed by atoms with Gasteiger partial charge in [0.05, 0.1) is 19.1 Å². The van der Waals surface area contributed by atoms with Crippen LogP contribution in [0.5, 0.6) is 0 Å². The average molecular weight is 168 g/mol. The van der Waals surface area contributed by atoms with Gasteiger partial charge in [-0.25, -0.2) is 0 Å². The van der Waals surface area contributed by atoms with Crippen molar-refractivity contribution in [3.05, 3.63) is 0 Å². The molecule has 0 radical (unpaired) electrons. The normalized spacial score (nSPS) is 50.5. The molecule has 3 nitrogen and oxygen atoms in total. The lowest BCUT2D eigenvalue weighted by Gasteiger charge is -2.27. The van der Waals surface area contributed by atoms with E-state index in [1.165, 1.54) is 6.42 Å². The molecule has 1 spiro atoms. The molecule has 3 rings (SSSR count). The lowest BCUT2D eigenvalue weighted by molar-refractivity contribution is -0.143. The topological polar surface area (TPSA) is 38.8 Å². The van der Waals surface area contributed by atoms with Gasteiger partial charge in [-0.2, -0.15) is 0 Å². The van der Waals surface area contributed by atoms with Gasteiger partial charge in [0, 0.05) is 5.92 Å². The van der Waals surface area contributed by atoms with Crippen molar-refractivity contribution in [2.45, 2.75) is 24.9 Å². The van der Waals surface area contributed by atoms with Crippen molar-refractivity contribution >= 4 is 5.97 Å². The highest BCUT2D eigenvalue weighted by molar-refractivity contribution is 5.77. The van der Waals surface area contributed by atoms with Crippen LogP contribution in [-0.2, 0) is 14.3 Å². The number of hydrogen-bond donors (Lipinski definition) is 0. The smallest absolute Gasteiger partial charge is 0.312 e. The summed E-state index contributed by atoms with van der Waals surface area (Å²) < 4.78 is 10.5. The van der Waals surface area contributed by atoms with Crippen LogP contribution in [0.2, 0.25) is 0 Å². The minimum absolute atomic E-state index is 0.0165. The largest absolute Gasteiger partial charge is 0.465 e. The molecule has 0 amide bonds. The van der Waals surface area contributed by atoms with Crippen LogP contribution in [0, 0.1) is 11.8 Å². The van der Waals surface area contributed by atoms with Gasteiger partial charge in [-0.05, 0) is 12.8 Å². The minimum atomic E-state index is -0.0729. The summed E-state index contributed by atoms with van der Waals surface area (Å²) in [5, 5.41) is 0. The van der Waals surface area contributed by atoms with Crippen LogP contribution >= 0.6 is 0 Å². The first-order chi connectivity index (χ1) is 5.82. The molecule has 0 aromatic carbocycles. The van der Waals surface area contributed by atoms with E-state index in [9.17, 15) is 4.79 Å². The van der Waals surface area contributed by atoms with Crippen molar-refractivity contribution in [3.8, 4) is 0 Å². The van der Waals surface area contributed by atoms with Crippen LogP contribution < -0.4 is 0 Å². The molecule has 12 heavy (non-hydrogen) atoms. The highest BCUT2D eigenvalue weighted by Gasteiger charge is 2.61. The highest BCUT2D eigenvalue weighted by Crippen LogP contribution is 2.51. The van der Waals surface area contributed by atoms with Gasteiger partial charge in [-0.3, -0.25) is 4.79 Å². The summed E-state index contributed by atoms with van der Waals surface area (Å²) in [6.07, 6.45) is 3.39. The maximum Gasteiger partial charge on any atom is 0.312 e. The van der Waals surface area contributed by atoms with E-state index in [0.717, 1.165) is 19.4 Å². The molecule has 1 saturated carbocycles. The molecule has 3 heteroatoms. The number of epoxide rings is 1. The van der Waals surface area contributed by atoms with E-state index in [0.29, 0.717) is 12.5 Å². The van der Waals surface area contributed by atoms with Gasteiger partial charge >= 0.3 is 5.97 Å². The predicted octanol–water partition coefficient (Wildman–Crippen LogP) is 0.729. The molecule has 3 fully saturated rings. The third-order valence-electron chi connectivity index (χ3n) is 3.42. The Morgan fingerprint density at radius 2 is 2.33 bits per heavy atom. The fourth-order valence-corrected chi connectivity index (χ4v) is 2.70. The van der Waals surface area contributed by atoms with Crippen LogP contribution in [-0.4, -0.2) is 24.8 Å². The zero-order valence-corrected chi connectivity index (χ0v) is 6.91. The number of cyclic esters (lactones) is 1. The summed E-state index contributed by atoms with van der Waals surface area (Å²) in [6, 6.07) is 0. The number of hydrogen-bond acceptors (Lipinski definition) is 3. The fourth-order valence-electron chi connectivity index (χ4n) is 2.70. The molecular formula is C9H12O3. The van der Waals surface area contributed by atoms with Crippen molar-refractivity contribution in [2.75, 3.05) is 13.2 Å². The Kier molecular flexibility index (Phi) is 1.16. The van der Waals surface area contributed by atoms with E-state index in [4.69, 9.17) is 9.47 Å². The average Bonchev–Trinajstić information content (AvgIpc) is 2.71. The third kappa shape index (κ3) is 0.724. The molecule has 2 aliphatic heterocycles. The van der Waals surface area contributed by atoms with E-state index in [2.05, 4.69) is 0 Å². The van der Waals surface area contributed by atoms with Crippen molar-refractivity contribution in [2.24, 2.45) is 11.8 Å². The fraction of sp³-hybridized carbons (Fsp3) is 0.889. The van der Waals surface area contributed by atoms with E-state index >= 15 is 0 Å². The van der Waals surface area contributed by atoms with E-state index in [-0.39, 0.29) is 17.5 Å². The number of carbonyl (C=O) groups is 1. The standard InChI is InChI=1S/C9H12O3/c10-8-7-6(4-11-8)2-1-3-9(7)5-12-9/h6-7H,1-5H2/t6-,7-,9-/m0/s1. The van der Waals surface area contributed by atoms with Crippen LogP contribution in [0.3, 0.4) is 0 Å². The van der Waals surface area contributed by atoms with Gasteiger partial charge in [-0.1, -0.05) is 6.42 Å². The first-order valence-electron chi connectivity index (χ1n) is 4.62. The zero-order chi connectivity index (χ0) is 8.18. The second kappa shape index (κ2) is 2.02. The Labute approximate surface area is 71.0 Å². The first kappa shape index (κ1) is 6.89. The van der Waals surface area contributed by atoms with Gasteiger partial charge in [0.2, 0.25) is 0 Å². The molecule has 3 aliphatic rings. The minimum Gasteiger partial charge on any atom is -0.465 e. The molecule has 66 valence electrons. The van der Waals surface area contributed by atoms with Crippen molar-refractivity contribution in [1.82, 2.24) is 0 Å². The number of ether oxygens (including phenoxy) is 2. The number of esters is 1. The molecule has 0 aromatic heterocycles. The molecule has 3 atom stereocenters. The predicted molar refractivity (Wildman–Crippen MR) is 40.5 cm³/mol. The van der Waals surface area contributed by atoms with Crippen molar-refractivity contribution in [3.63, 3.8) is 0 Å². The van der Waals surface area contributed by atoms with Gasteiger partial charge < -0.3 is 9.47 Å². The molecule has 0 bridgehead atoms. The van der Waals surface area contributed by atoms with E-state index in [1.807, 2.05) is 0 Å². The lowest BCUT2D eigenvalue weighted by Crippen LogP contribution is -2.36. The summed E-state index contributed by atoms with van der Waals surface area (Å²) in [5.74, 6) is 0.511. The van der Waals surface area contributed by atoms with E-state index in [1.54, 1.807) is 0 Å². The molecule has 0 unspecified atom stereocenters. The number of carbonyl (C=O) groups excluding carboxylic acids is 1. The SMILES string of the molecule is O=C1OC[C@@H]2CCC[C@]3(CO3)[C@H]12. The number of fused-ring (bicyclic) bond motifs is 2. The Bertz CT molecular complexity index is 232. The maximum absolute atomic E-state index is 11.4. The summed E-state index contributed by atoms with van der Waals surface area (Å²) in [6.45, 7) is 1.41. The molecular weight excluding hydrogens is 156 g/mol. The Balaban J connectivity index is 1.93. The van der Waals surface area contributed by atoms with Crippen LogP contribution in [0.15, 0.2) is 0 Å². The monoisotopic (exact) mass is 168 g/mol. The second-order valence-electron chi connectivity index (χ2n) is 4.11. The second-order valence-corrected chi connectivity index (χ2v) is 4.11. The van der Waals surface area contributed by atoms with Crippen LogP contribution in [0.4, 0.5) is 0 Å². The highest BCUT2D eigenvalue weighted by atomic mass is 16.6. The molecule has 2 saturated heterocycles. The van der Waals surface area contributed by atoms with Gasteiger partial charge in [-0.15, -0.1) is 0 Å². The molecule has 0 N–H and O–H groups in total. The van der Waals surface area contributed by atoms with Crippen molar-refractivity contribution < 1.29 is 14.3 Å². The van der Waals surface area contributed by atoms with Crippen molar-refractivity contribution in [1.29, 1.82) is 0 Å². The van der Waals surface area contributed by atoms with E-state index < -0.39 is 0 Å². The zero-order valence-electron chi connectivity index (χ0n) is 6.91. The third-order valence-corrected chi connectivity index (χ3v) is 3.42. The summed E-state index contributed by atoms with van der Waals surface area (Å²) in [7, 11) is 0. The summed E-state index contributed by atoms with van der Waals surface area (Å²) in [5.41, 5.74) is -0.0729. The Morgan fingerprint density at radius 1 is 1.50 bits per heavy atom. The Hall–Kier alpha value is -0.570. The van der Waals surface area contributed by atoms with Crippen LogP contribution in [0.25, 0.3) is 0 Å². The lowest BCUT2D eigenvalue weighted by atomic mass is 9.73. The quantitative estimate of drug-likeness (QED) is 0.395.